The maximum absolute atomic E-state index is 13.6. The summed E-state index contributed by atoms with van der Waals surface area (Å²) in [4.78, 5) is 27.1. The highest BCUT2D eigenvalue weighted by molar-refractivity contribution is 7.09. The van der Waals surface area contributed by atoms with E-state index in [-0.39, 0.29) is 23.6 Å². The lowest BCUT2D eigenvalue weighted by Crippen LogP contribution is -2.40. The molecule has 0 unspecified atom stereocenters. The maximum atomic E-state index is 13.6. The fraction of sp³-hybridized carbons (Fsp3) is 0.143. The maximum Gasteiger partial charge on any atom is 0.331 e. The zero-order chi connectivity index (χ0) is 18.8. The van der Waals surface area contributed by atoms with Crippen LogP contribution in [0.15, 0.2) is 75.6 Å². The first kappa shape index (κ1) is 17.4. The molecule has 0 amide bonds. The van der Waals surface area contributed by atoms with Crippen LogP contribution in [0.5, 0.6) is 0 Å². The number of fused-ring (bicyclic) bond motifs is 1. The number of para-hydroxylation sites is 1. The number of halogens is 1. The van der Waals surface area contributed by atoms with Crippen molar-refractivity contribution in [3.05, 3.63) is 103 Å². The summed E-state index contributed by atoms with van der Waals surface area (Å²) in [6, 6.07) is 17.1. The van der Waals surface area contributed by atoms with Gasteiger partial charge in [0.25, 0.3) is 5.56 Å². The summed E-state index contributed by atoms with van der Waals surface area (Å²) >= 11 is 1.60. The fourth-order valence-corrected chi connectivity index (χ4v) is 3.91. The number of thiophene rings is 1. The molecule has 0 bridgehead atoms. The van der Waals surface area contributed by atoms with Crippen LogP contribution < -0.4 is 11.2 Å². The minimum absolute atomic E-state index is 0.205. The second-order valence-electron chi connectivity index (χ2n) is 6.30. The largest absolute Gasteiger partial charge is 0.331 e. The molecule has 0 saturated heterocycles. The van der Waals surface area contributed by atoms with Crippen molar-refractivity contribution in [3.8, 4) is 0 Å². The van der Waals surface area contributed by atoms with E-state index in [0.717, 1.165) is 4.88 Å². The van der Waals surface area contributed by atoms with E-state index in [1.165, 1.54) is 16.7 Å². The van der Waals surface area contributed by atoms with Crippen molar-refractivity contribution in [1.29, 1.82) is 0 Å². The molecular weight excluding hydrogens is 363 g/mol. The van der Waals surface area contributed by atoms with Crippen LogP contribution in [0.1, 0.15) is 10.4 Å². The van der Waals surface area contributed by atoms with Crippen molar-refractivity contribution >= 4 is 22.2 Å². The van der Waals surface area contributed by atoms with Crippen LogP contribution in [0.3, 0.4) is 0 Å². The molecule has 136 valence electrons. The van der Waals surface area contributed by atoms with Gasteiger partial charge in [0, 0.05) is 11.4 Å². The van der Waals surface area contributed by atoms with Gasteiger partial charge in [-0.2, -0.15) is 0 Å². The average Bonchev–Trinajstić information content (AvgIpc) is 3.19. The third-order valence-electron chi connectivity index (χ3n) is 4.52. The predicted octanol–water partition coefficient (Wildman–Crippen LogP) is 3.65. The van der Waals surface area contributed by atoms with E-state index in [1.54, 1.807) is 52.3 Å². The van der Waals surface area contributed by atoms with Gasteiger partial charge in [0.15, 0.2) is 0 Å². The van der Waals surface area contributed by atoms with Gasteiger partial charge in [-0.15, -0.1) is 11.3 Å². The van der Waals surface area contributed by atoms with Gasteiger partial charge in [-0.05, 0) is 47.7 Å². The molecule has 0 N–H and O–H groups in total. The standard InChI is InChI=1S/C21H17FN2O2S/c22-16-6-3-5-15(13-16)14-24-19-9-2-1-8-18(19)20(25)23(21(24)26)11-10-17-7-4-12-27-17/h1-9,12-13H,10-11,14H2. The highest BCUT2D eigenvalue weighted by Crippen LogP contribution is 2.13. The van der Waals surface area contributed by atoms with Crippen molar-refractivity contribution in [2.75, 3.05) is 0 Å². The molecule has 4 aromatic rings. The fourth-order valence-electron chi connectivity index (χ4n) is 3.22. The van der Waals surface area contributed by atoms with E-state index in [4.69, 9.17) is 0 Å². The Balaban J connectivity index is 1.83. The lowest BCUT2D eigenvalue weighted by molar-refractivity contribution is 0.588. The lowest BCUT2D eigenvalue weighted by Gasteiger charge is -2.14. The quantitative estimate of drug-likeness (QED) is 0.530. The Morgan fingerprint density at radius 1 is 0.926 bits per heavy atom. The Labute approximate surface area is 158 Å². The van der Waals surface area contributed by atoms with Gasteiger partial charge < -0.3 is 0 Å². The normalized spacial score (nSPS) is 11.1. The molecule has 0 aliphatic carbocycles. The van der Waals surface area contributed by atoms with Gasteiger partial charge in [0.1, 0.15) is 5.82 Å². The number of benzene rings is 2. The zero-order valence-electron chi connectivity index (χ0n) is 14.5. The van der Waals surface area contributed by atoms with Crippen molar-refractivity contribution in [2.45, 2.75) is 19.5 Å². The molecule has 0 radical (unpaired) electrons. The van der Waals surface area contributed by atoms with Gasteiger partial charge in [0.2, 0.25) is 0 Å². The number of rotatable bonds is 5. The van der Waals surface area contributed by atoms with Crippen LogP contribution in [0.25, 0.3) is 10.9 Å². The summed E-state index contributed by atoms with van der Waals surface area (Å²) in [5, 5.41) is 2.46. The molecule has 27 heavy (non-hydrogen) atoms. The van der Waals surface area contributed by atoms with E-state index in [0.29, 0.717) is 29.4 Å². The van der Waals surface area contributed by atoms with Crippen LogP contribution in [0.2, 0.25) is 0 Å². The Kier molecular flexibility index (Phi) is 4.73. The first-order valence-corrected chi connectivity index (χ1v) is 9.50. The molecular formula is C21H17FN2O2S. The second kappa shape index (κ2) is 7.32. The molecule has 4 rings (SSSR count). The summed E-state index contributed by atoms with van der Waals surface area (Å²) in [7, 11) is 0. The average molecular weight is 380 g/mol. The monoisotopic (exact) mass is 380 g/mol. The summed E-state index contributed by atoms with van der Waals surface area (Å²) in [6.07, 6.45) is 0.616. The van der Waals surface area contributed by atoms with Gasteiger partial charge in [-0.3, -0.25) is 13.9 Å². The van der Waals surface area contributed by atoms with E-state index in [9.17, 15) is 14.0 Å². The van der Waals surface area contributed by atoms with Gasteiger partial charge in [0.05, 0.1) is 17.4 Å². The molecule has 0 saturated carbocycles. The van der Waals surface area contributed by atoms with Crippen LogP contribution in [-0.2, 0) is 19.5 Å². The van der Waals surface area contributed by atoms with Crippen LogP contribution in [0, 0.1) is 5.82 Å². The summed E-state index contributed by atoms with van der Waals surface area (Å²) in [5.41, 5.74) is 0.567. The van der Waals surface area contributed by atoms with E-state index >= 15 is 0 Å². The topological polar surface area (TPSA) is 44.0 Å². The minimum atomic E-state index is -0.375. The summed E-state index contributed by atoms with van der Waals surface area (Å²) in [5.74, 6) is -0.351. The molecule has 0 aliphatic rings. The first-order valence-electron chi connectivity index (χ1n) is 8.63. The first-order chi connectivity index (χ1) is 13.1. The molecule has 2 heterocycles. The molecule has 0 atom stereocenters. The molecule has 0 aliphatic heterocycles. The lowest BCUT2D eigenvalue weighted by atomic mass is 10.2. The molecule has 0 fully saturated rings. The molecule has 2 aromatic heterocycles. The number of hydrogen-bond donors (Lipinski definition) is 0. The predicted molar refractivity (Wildman–Crippen MR) is 106 cm³/mol. The number of aryl methyl sites for hydroxylation is 1. The van der Waals surface area contributed by atoms with Crippen LogP contribution in [-0.4, -0.2) is 9.13 Å². The number of hydrogen-bond acceptors (Lipinski definition) is 3. The van der Waals surface area contributed by atoms with Gasteiger partial charge >= 0.3 is 5.69 Å². The van der Waals surface area contributed by atoms with E-state index in [2.05, 4.69) is 0 Å². The minimum Gasteiger partial charge on any atom is -0.289 e. The Morgan fingerprint density at radius 3 is 2.56 bits per heavy atom. The van der Waals surface area contributed by atoms with Crippen molar-refractivity contribution in [2.24, 2.45) is 0 Å². The highest BCUT2D eigenvalue weighted by Gasteiger charge is 2.13. The Hall–Kier alpha value is -2.99. The SMILES string of the molecule is O=c1c2ccccc2n(Cc2cccc(F)c2)c(=O)n1CCc1cccs1. The second-order valence-corrected chi connectivity index (χ2v) is 7.33. The summed E-state index contributed by atoms with van der Waals surface area (Å²) < 4.78 is 16.4. The van der Waals surface area contributed by atoms with E-state index in [1.807, 2.05) is 17.5 Å². The van der Waals surface area contributed by atoms with Crippen LogP contribution >= 0.6 is 11.3 Å². The molecule has 6 heteroatoms. The van der Waals surface area contributed by atoms with Crippen molar-refractivity contribution in [1.82, 2.24) is 9.13 Å². The van der Waals surface area contributed by atoms with Crippen molar-refractivity contribution in [3.63, 3.8) is 0 Å². The van der Waals surface area contributed by atoms with Gasteiger partial charge in [-0.1, -0.05) is 30.3 Å². The number of aromatic nitrogens is 2. The summed E-state index contributed by atoms with van der Waals surface area (Å²) in [6.45, 7) is 0.516. The third kappa shape index (κ3) is 3.48. The van der Waals surface area contributed by atoms with Gasteiger partial charge in [-0.25, -0.2) is 9.18 Å². The zero-order valence-corrected chi connectivity index (χ0v) is 15.3. The Bertz CT molecular complexity index is 1210. The third-order valence-corrected chi connectivity index (χ3v) is 5.46. The molecule has 4 nitrogen and oxygen atoms in total. The smallest absolute Gasteiger partial charge is 0.289 e. The molecule has 2 aromatic carbocycles. The number of nitrogens with zero attached hydrogens (tertiary/aromatic N) is 2. The Morgan fingerprint density at radius 2 is 1.78 bits per heavy atom. The highest BCUT2D eigenvalue weighted by atomic mass is 32.1. The van der Waals surface area contributed by atoms with E-state index < -0.39 is 0 Å². The molecule has 0 spiro atoms. The van der Waals surface area contributed by atoms with Crippen molar-refractivity contribution < 1.29 is 4.39 Å². The van der Waals surface area contributed by atoms with Crippen LogP contribution in [0.4, 0.5) is 4.39 Å².